The summed E-state index contributed by atoms with van der Waals surface area (Å²) in [7, 11) is 2.16. The third-order valence-electron chi connectivity index (χ3n) is 1.90. The monoisotopic (exact) mass is 364 g/mol. The number of hydrogen-bond acceptors (Lipinski definition) is 1. The standard InChI is InChI=1S/C7H12I2N/c1-6-7(9-8)4-3-5-10(6)2/h7H,1,3-5H2,2H3/q-1. The average Bonchev–Trinajstić information content (AvgIpc) is 1.95. The first-order valence-electron chi connectivity index (χ1n) is 3.40. The molecule has 3 heteroatoms. The van der Waals surface area contributed by atoms with Crippen LogP contribution >= 0.6 is 18.6 Å². The molecular formula is C7H12I2N-. The Morgan fingerprint density at radius 1 is 1.80 bits per heavy atom. The van der Waals surface area contributed by atoms with Crippen molar-refractivity contribution in [3.8, 4) is 0 Å². The summed E-state index contributed by atoms with van der Waals surface area (Å²) in [4.78, 5) is 2.31. The Hall–Kier alpha value is 1.00. The summed E-state index contributed by atoms with van der Waals surface area (Å²) >= 11 is 2.90. The molecule has 1 unspecified atom stereocenters. The maximum absolute atomic E-state index is 4.10. The van der Waals surface area contributed by atoms with E-state index in [0.717, 1.165) is 3.92 Å². The van der Waals surface area contributed by atoms with Crippen molar-refractivity contribution in [1.82, 2.24) is 4.90 Å². The zero-order valence-corrected chi connectivity index (χ0v) is 10.4. The molecule has 0 aromatic rings. The van der Waals surface area contributed by atoms with Gasteiger partial charge in [0.15, 0.2) is 0 Å². The van der Waals surface area contributed by atoms with E-state index in [1.165, 1.54) is 25.1 Å². The van der Waals surface area contributed by atoms with Crippen molar-refractivity contribution in [2.24, 2.45) is 0 Å². The van der Waals surface area contributed by atoms with Crippen molar-refractivity contribution in [1.29, 1.82) is 0 Å². The number of nitrogens with zero attached hydrogens (tertiary/aromatic N) is 1. The number of allylic oxidation sites excluding steroid dienone is 1. The van der Waals surface area contributed by atoms with E-state index < -0.39 is 0 Å². The van der Waals surface area contributed by atoms with Gasteiger partial charge in [-0.25, -0.2) is 0 Å². The second-order valence-corrected chi connectivity index (χ2v) is 7.74. The minimum absolute atomic E-state index is 0.348. The first kappa shape index (κ1) is 9.09. The quantitative estimate of drug-likeness (QED) is 0.428. The van der Waals surface area contributed by atoms with Crippen LogP contribution in [0.2, 0.25) is 0 Å². The summed E-state index contributed by atoms with van der Waals surface area (Å²) in [6.07, 6.45) is 2.75. The van der Waals surface area contributed by atoms with Crippen molar-refractivity contribution in [3.05, 3.63) is 12.3 Å². The van der Waals surface area contributed by atoms with Crippen LogP contribution in [0.15, 0.2) is 12.3 Å². The molecule has 1 nitrogen and oxygen atoms in total. The molecule has 0 saturated carbocycles. The molecule has 0 amide bonds. The van der Waals surface area contributed by atoms with Crippen molar-refractivity contribution in [3.63, 3.8) is 0 Å². The summed E-state index contributed by atoms with van der Waals surface area (Å²) in [5.74, 6) is 0. The molecule has 1 rings (SSSR count). The van der Waals surface area contributed by atoms with E-state index in [2.05, 4.69) is 37.1 Å². The van der Waals surface area contributed by atoms with E-state index in [9.17, 15) is 0 Å². The zero-order valence-electron chi connectivity index (χ0n) is 6.11. The Morgan fingerprint density at radius 3 is 3.00 bits per heavy atom. The van der Waals surface area contributed by atoms with Crippen LogP contribution in [0, 0.1) is 0 Å². The van der Waals surface area contributed by atoms with Crippen molar-refractivity contribution in [2.45, 2.75) is 16.8 Å². The van der Waals surface area contributed by atoms with Gasteiger partial charge in [-0.1, -0.05) is 0 Å². The molecule has 0 spiro atoms. The molecule has 10 heavy (non-hydrogen) atoms. The van der Waals surface area contributed by atoms with E-state index in [-0.39, 0.29) is 0 Å². The maximum atomic E-state index is 4.10. The molecule has 1 aliphatic rings. The first-order valence-corrected chi connectivity index (χ1v) is 10.9. The van der Waals surface area contributed by atoms with Crippen LogP contribution < -0.4 is 17.2 Å². The summed E-state index contributed by atoms with van der Waals surface area (Å²) in [5.41, 5.74) is 1.38. The minimum atomic E-state index is 0.348. The van der Waals surface area contributed by atoms with Crippen LogP contribution in [0.5, 0.6) is 0 Å². The molecule has 0 aromatic carbocycles. The number of alkyl halides is 1. The van der Waals surface area contributed by atoms with Crippen LogP contribution in [0.3, 0.4) is 0 Å². The SMILES string of the molecule is C=C1C([I-]I)CCCN1C. The van der Waals surface area contributed by atoms with Gasteiger partial charge in [0.05, 0.1) is 0 Å². The second-order valence-electron chi connectivity index (χ2n) is 2.61. The number of piperidine rings is 1. The summed E-state index contributed by atoms with van der Waals surface area (Å²) in [5, 5.41) is 0. The fourth-order valence-electron chi connectivity index (χ4n) is 1.15. The van der Waals surface area contributed by atoms with E-state index in [1.54, 1.807) is 0 Å². The van der Waals surface area contributed by atoms with Crippen LogP contribution in [-0.2, 0) is 0 Å². The molecule has 60 valence electrons. The van der Waals surface area contributed by atoms with Gasteiger partial charge in [-0.05, 0) is 0 Å². The fraction of sp³-hybridized carbons (Fsp3) is 0.714. The third kappa shape index (κ3) is 1.99. The molecule has 0 bridgehead atoms. The Balaban J connectivity index is 2.51. The van der Waals surface area contributed by atoms with Gasteiger partial charge in [0, 0.05) is 0 Å². The van der Waals surface area contributed by atoms with E-state index in [0.29, 0.717) is 17.2 Å². The van der Waals surface area contributed by atoms with Gasteiger partial charge in [-0.15, -0.1) is 0 Å². The van der Waals surface area contributed by atoms with Gasteiger partial charge in [0.25, 0.3) is 0 Å². The molecule has 0 aromatic heterocycles. The van der Waals surface area contributed by atoms with Crippen LogP contribution in [0.25, 0.3) is 0 Å². The third-order valence-corrected chi connectivity index (χ3v) is 7.62. The van der Waals surface area contributed by atoms with Crippen LogP contribution in [0.1, 0.15) is 12.8 Å². The van der Waals surface area contributed by atoms with Crippen molar-refractivity contribution < 1.29 is 17.2 Å². The molecule has 0 aliphatic carbocycles. The van der Waals surface area contributed by atoms with Gasteiger partial charge in [0.2, 0.25) is 0 Å². The molecule has 1 saturated heterocycles. The average molecular weight is 364 g/mol. The van der Waals surface area contributed by atoms with Crippen molar-refractivity contribution >= 4 is 18.6 Å². The van der Waals surface area contributed by atoms with Gasteiger partial charge in [-0.3, -0.25) is 0 Å². The number of rotatable bonds is 1. The zero-order chi connectivity index (χ0) is 7.56. The summed E-state index contributed by atoms with van der Waals surface area (Å²) in [6.45, 7) is 5.31. The van der Waals surface area contributed by atoms with Crippen LogP contribution in [-0.4, -0.2) is 22.4 Å². The van der Waals surface area contributed by atoms with Gasteiger partial charge in [-0.2, -0.15) is 0 Å². The van der Waals surface area contributed by atoms with Gasteiger partial charge >= 0.3 is 83.4 Å². The van der Waals surface area contributed by atoms with E-state index >= 15 is 0 Å². The molecule has 1 fully saturated rings. The predicted molar refractivity (Wildman–Crippen MR) is 48.8 cm³/mol. The molecule has 1 aliphatic heterocycles. The van der Waals surface area contributed by atoms with Gasteiger partial charge in [0.1, 0.15) is 0 Å². The molecule has 0 radical (unpaired) electrons. The number of hydrogen-bond donors (Lipinski definition) is 0. The topological polar surface area (TPSA) is 3.24 Å². The van der Waals surface area contributed by atoms with Gasteiger partial charge < -0.3 is 0 Å². The molecule has 0 N–H and O–H groups in total. The number of halogens is 2. The Bertz CT molecular complexity index is 136. The molecule has 1 atom stereocenters. The normalized spacial score (nSPS) is 27.6. The summed E-state index contributed by atoms with van der Waals surface area (Å²) in [6, 6.07) is 0. The fourth-order valence-corrected chi connectivity index (χ4v) is 5.97. The van der Waals surface area contributed by atoms with Crippen molar-refractivity contribution in [2.75, 3.05) is 13.6 Å². The number of likely N-dealkylation sites (tertiary alicyclic amines) is 1. The molecular weight excluding hydrogens is 352 g/mol. The molecule has 1 heterocycles. The van der Waals surface area contributed by atoms with Crippen LogP contribution in [0.4, 0.5) is 0 Å². The van der Waals surface area contributed by atoms with E-state index in [4.69, 9.17) is 0 Å². The first-order chi connectivity index (χ1) is 4.75. The van der Waals surface area contributed by atoms with E-state index in [1.807, 2.05) is 0 Å². The Labute approximate surface area is 82.7 Å². The summed E-state index contributed by atoms with van der Waals surface area (Å²) < 4.78 is 0.859. The Kier molecular flexibility index (Phi) is 3.76. The second kappa shape index (κ2) is 4.13. The predicted octanol–water partition coefficient (Wildman–Crippen LogP) is -0.967. The Morgan fingerprint density at radius 2 is 2.50 bits per heavy atom.